The molecular weight excluding hydrogens is 350 g/mol. The molecule has 27 heavy (non-hydrogen) atoms. The van der Waals surface area contributed by atoms with E-state index in [9.17, 15) is 9.59 Å². The van der Waals surface area contributed by atoms with E-state index in [1.807, 2.05) is 6.92 Å². The Morgan fingerprint density at radius 1 is 1.26 bits per heavy atom. The number of carbonyl (C=O) groups is 2. The van der Waals surface area contributed by atoms with Crippen LogP contribution in [0.15, 0.2) is 10.7 Å². The van der Waals surface area contributed by atoms with Crippen molar-refractivity contribution in [2.75, 3.05) is 40.5 Å². The van der Waals surface area contributed by atoms with Gasteiger partial charge >= 0.3 is 0 Å². The van der Waals surface area contributed by atoms with Crippen LogP contribution in [0.5, 0.6) is 0 Å². The molecule has 1 aromatic heterocycles. The van der Waals surface area contributed by atoms with Crippen LogP contribution in [0, 0.1) is 5.92 Å². The minimum atomic E-state index is -0.328. The van der Waals surface area contributed by atoms with Gasteiger partial charge in [-0.15, -0.1) is 0 Å². The topological polar surface area (TPSA) is 93.9 Å². The van der Waals surface area contributed by atoms with Crippen molar-refractivity contribution < 1.29 is 23.5 Å². The van der Waals surface area contributed by atoms with Crippen LogP contribution < -0.4 is 5.32 Å². The largest absolute Gasteiger partial charge is 0.446 e. The second-order valence-corrected chi connectivity index (χ2v) is 6.38. The summed E-state index contributed by atoms with van der Waals surface area (Å²) < 4.78 is 15.4. The highest BCUT2D eigenvalue weighted by atomic mass is 16.5. The van der Waals surface area contributed by atoms with E-state index in [0.717, 1.165) is 25.7 Å². The zero-order valence-electron chi connectivity index (χ0n) is 17.0. The van der Waals surface area contributed by atoms with Crippen LogP contribution in [0.25, 0.3) is 0 Å². The van der Waals surface area contributed by atoms with Crippen molar-refractivity contribution in [3.8, 4) is 0 Å². The van der Waals surface area contributed by atoms with E-state index in [4.69, 9.17) is 13.9 Å². The smallest absolute Gasteiger partial charge is 0.273 e. The van der Waals surface area contributed by atoms with Crippen molar-refractivity contribution in [3.63, 3.8) is 0 Å². The first-order valence-electron chi connectivity index (χ1n) is 9.56. The lowest BCUT2D eigenvalue weighted by Crippen LogP contribution is -2.38. The normalized spacial score (nSPS) is 12.0. The molecule has 1 aromatic rings. The molecule has 0 aromatic carbocycles. The van der Waals surface area contributed by atoms with Gasteiger partial charge in [0.25, 0.3) is 5.91 Å². The monoisotopic (exact) mass is 383 g/mol. The van der Waals surface area contributed by atoms with Crippen molar-refractivity contribution in [2.24, 2.45) is 5.92 Å². The molecule has 0 saturated heterocycles. The van der Waals surface area contributed by atoms with Crippen LogP contribution in [0.3, 0.4) is 0 Å². The molecule has 0 fully saturated rings. The third-order valence-corrected chi connectivity index (χ3v) is 4.33. The highest BCUT2D eigenvalue weighted by molar-refractivity contribution is 5.91. The van der Waals surface area contributed by atoms with Gasteiger partial charge in [0.05, 0.1) is 19.8 Å². The second-order valence-electron chi connectivity index (χ2n) is 6.38. The number of nitrogens with one attached hydrogen (secondary N) is 1. The summed E-state index contributed by atoms with van der Waals surface area (Å²) in [5.74, 6) is 0.0637. The van der Waals surface area contributed by atoms with Gasteiger partial charge in [-0.1, -0.05) is 26.7 Å². The Morgan fingerprint density at radius 2 is 2.00 bits per heavy atom. The molecule has 1 rings (SSSR count). The third-order valence-electron chi connectivity index (χ3n) is 4.33. The zero-order valence-corrected chi connectivity index (χ0v) is 17.0. The van der Waals surface area contributed by atoms with Crippen molar-refractivity contribution in [1.29, 1.82) is 0 Å². The van der Waals surface area contributed by atoms with Crippen molar-refractivity contribution in [2.45, 2.75) is 46.1 Å². The van der Waals surface area contributed by atoms with Crippen LogP contribution in [0.4, 0.5) is 0 Å². The molecule has 0 bridgehead atoms. The molecule has 0 aliphatic rings. The van der Waals surface area contributed by atoms with Gasteiger partial charge in [0, 0.05) is 33.2 Å². The molecule has 0 unspecified atom stereocenters. The van der Waals surface area contributed by atoms with Gasteiger partial charge in [0.15, 0.2) is 5.69 Å². The maximum Gasteiger partial charge on any atom is 0.273 e. The van der Waals surface area contributed by atoms with Gasteiger partial charge in [0.2, 0.25) is 11.8 Å². The molecule has 8 heteroatoms. The van der Waals surface area contributed by atoms with Gasteiger partial charge in [0.1, 0.15) is 6.26 Å². The first kappa shape index (κ1) is 23.1. The maximum atomic E-state index is 12.9. The number of hydrogen-bond acceptors (Lipinski definition) is 6. The van der Waals surface area contributed by atoms with Crippen LogP contribution in [0.2, 0.25) is 0 Å². The number of hydrogen-bond donors (Lipinski definition) is 1. The average Bonchev–Trinajstić information content (AvgIpc) is 3.14. The minimum absolute atomic E-state index is 0.0198. The highest BCUT2D eigenvalue weighted by Crippen LogP contribution is 2.18. The number of amides is 2. The highest BCUT2D eigenvalue weighted by Gasteiger charge is 2.24. The predicted molar refractivity (Wildman–Crippen MR) is 101 cm³/mol. The number of methoxy groups -OCH3 is 2. The number of oxazole rings is 1. The summed E-state index contributed by atoms with van der Waals surface area (Å²) in [6.07, 6.45) is 5.05. The molecule has 8 nitrogen and oxygen atoms in total. The summed E-state index contributed by atoms with van der Waals surface area (Å²) >= 11 is 0. The molecule has 0 aliphatic carbocycles. The summed E-state index contributed by atoms with van der Waals surface area (Å²) in [6.45, 7) is 6.07. The van der Waals surface area contributed by atoms with Crippen molar-refractivity contribution in [1.82, 2.24) is 15.2 Å². The number of rotatable bonds is 14. The quantitative estimate of drug-likeness (QED) is 0.495. The molecule has 154 valence electrons. The number of carbonyl (C=O) groups excluding carboxylic acids is 2. The summed E-state index contributed by atoms with van der Waals surface area (Å²) in [5, 5.41) is 2.69. The Bertz CT molecular complexity index is 561. The maximum absolute atomic E-state index is 12.9. The van der Waals surface area contributed by atoms with Crippen LogP contribution >= 0.6 is 0 Å². The van der Waals surface area contributed by atoms with E-state index >= 15 is 0 Å². The molecule has 0 saturated carbocycles. The van der Waals surface area contributed by atoms with Gasteiger partial charge in [-0.25, -0.2) is 4.98 Å². The lowest BCUT2D eigenvalue weighted by molar-refractivity contribution is -0.137. The van der Waals surface area contributed by atoms with Gasteiger partial charge in [-0.05, 0) is 12.8 Å². The van der Waals surface area contributed by atoms with E-state index in [-0.39, 0.29) is 30.0 Å². The lowest BCUT2D eigenvalue weighted by atomic mass is 9.97. The van der Waals surface area contributed by atoms with Crippen molar-refractivity contribution >= 4 is 11.8 Å². The van der Waals surface area contributed by atoms with E-state index in [2.05, 4.69) is 17.2 Å². The Morgan fingerprint density at radius 3 is 2.63 bits per heavy atom. The lowest BCUT2D eigenvalue weighted by Gasteiger charge is -2.25. The zero-order chi connectivity index (χ0) is 20.1. The van der Waals surface area contributed by atoms with E-state index in [1.165, 1.54) is 6.26 Å². The summed E-state index contributed by atoms with van der Waals surface area (Å²) in [7, 11) is 3.17. The van der Waals surface area contributed by atoms with E-state index in [1.54, 1.807) is 19.1 Å². The molecule has 0 aliphatic heterocycles. The molecular formula is C19H33N3O5. The van der Waals surface area contributed by atoms with Gasteiger partial charge < -0.3 is 24.1 Å². The summed E-state index contributed by atoms with van der Waals surface area (Å²) in [6, 6.07) is 0. The van der Waals surface area contributed by atoms with Gasteiger partial charge in [-0.2, -0.15) is 0 Å². The number of nitrogens with zero attached hydrogens (tertiary/aromatic N) is 2. The standard InChI is InChI=1S/C19H33N3O5/c1-5-7-8-15(6-2)19(24)22(10-12-26-4)13-17-21-16(14-27-17)18(23)20-9-11-25-3/h14-15H,5-13H2,1-4H3,(H,20,23)/t15-/m1/s1. The molecule has 2 amide bonds. The van der Waals surface area contributed by atoms with E-state index in [0.29, 0.717) is 32.2 Å². The molecule has 0 spiro atoms. The van der Waals surface area contributed by atoms with E-state index < -0.39 is 0 Å². The molecule has 1 heterocycles. The first-order chi connectivity index (χ1) is 13.1. The fourth-order valence-corrected chi connectivity index (χ4v) is 2.69. The van der Waals surface area contributed by atoms with Crippen molar-refractivity contribution in [3.05, 3.63) is 17.8 Å². The third kappa shape index (κ3) is 8.09. The van der Waals surface area contributed by atoms with Crippen LogP contribution in [-0.4, -0.2) is 62.2 Å². The number of ether oxygens (including phenoxy) is 2. The molecule has 0 radical (unpaired) electrons. The number of aromatic nitrogens is 1. The second kappa shape index (κ2) is 13.3. The Hall–Kier alpha value is -1.93. The van der Waals surface area contributed by atoms with Crippen LogP contribution in [-0.2, 0) is 20.8 Å². The summed E-state index contributed by atoms with van der Waals surface area (Å²) in [4.78, 5) is 30.8. The number of unbranched alkanes of at least 4 members (excludes halogenated alkanes) is 1. The predicted octanol–water partition coefficient (Wildman–Crippen LogP) is 2.24. The summed E-state index contributed by atoms with van der Waals surface area (Å²) in [5.41, 5.74) is 0.193. The molecule has 1 atom stereocenters. The van der Waals surface area contributed by atoms with Crippen LogP contribution in [0.1, 0.15) is 55.9 Å². The average molecular weight is 383 g/mol. The minimum Gasteiger partial charge on any atom is -0.446 e. The van der Waals surface area contributed by atoms with Gasteiger partial charge in [-0.3, -0.25) is 9.59 Å². The Labute approximate surface area is 161 Å². The Kier molecular flexibility index (Phi) is 11.4. The Balaban J connectivity index is 2.75. The fraction of sp³-hybridized carbons (Fsp3) is 0.737. The SMILES string of the molecule is CCCC[C@@H](CC)C(=O)N(CCOC)Cc1nc(C(=O)NCCOC)co1. The first-order valence-corrected chi connectivity index (χ1v) is 9.56. The fourth-order valence-electron chi connectivity index (χ4n) is 2.69. The molecule has 1 N–H and O–H groups in total.